The highest BCUT2D eigenvalue weighted by molar-refractivity contribution is 7.89. The first kappa shape index (κ1) is 11.0. The van der Waals surface area contributed by atoms with Gasteiger partial charge in [-0.2, -0.15) is 0 Å². The first-order valence-corrected chi connectivity index (χ1v) is 7.08. The maximum atomic E-state index is 6.32. The fourth-order valence-electron chi connectivity index (χ4n) is 1.42. The molecular formula is C11H16ClP. The maximum absolute atomic E-state index is 6.32. The largest absolute Gasteiger partial charge is 0.0912 e. The zero-order valence-electron chi connectivity index (χ0n) is 8.47. The predicted molar refractivity (Wildman–Crippen MR) is 63.5 cm³/mol. The van der Waals surface area contributed by atoms with Crippen molar-refractivity contribution in [3.8, 4) is 0 Å². The van der Waals surface area contributed by atoms with Gasteiger partial charge in [-0.05, 0) is 25.3 Å². The van der Waals surface area contributed by atoms with E-state index in [2.05, 4.69) is 39.0 Å². The fourth-order valence-corrected chi connectivity index (χ4v) is 3.55. The smallest absolute Gasteiger partial charge is 0.0212 e. The lowest BCUT2D eigenvalue weighted by molar-refractivity contribution is 1.10. The van der Waals surface area contributed by atoms with Gasteiger partial charge in [0, 0.05) is 7.27 Å². The molecular weight excluding hydrogens is 199 g/mol. The van der Waals surface area contributed by atoms with Crippen LogP contribution in [0, 0.1) is 13.8 Å². The highest BCUT2D eigenvalue weighted by atomic mass is 35.7. The van der Waals surface area contributed by atoms with Crippen LogP contribution in [-0.2, 0) is 0 Å². The Kier molecular flexibility index (Phi) is 4.22. The summed E-state index contributed by atoms with van der Waals surface area (Å²) in [5, 5.41) is 1.33. The van der Waals surface area contributed by atoms with Gasteiger partial charge in [-0.25, -0.2) is 0 Å². The second kappa shape index (κ2) is 4.98. The van der Waals surface area contributed by atoms with Crippen molar-refractivity contribution in [2.75, 3.05) is 6.16 Å². The third-order valence-electron chi connectivity index (χ3n) is 1.91. The Hall–Kier alpha value is -0.0600. The molecule has 0 saturated carbocycles. The van der Waals surface area contributed by atoms with Crippen LogP contribution in [0.15, 0.2) is 18.2 Å². The van der Waals surface area contributed by atoms with Crippen molar-refractivity contribution in [3.05, 3.63) is 29.3 Å². The van der Waals surface area contributed by atoms with E-state index in [0.29, 0.717) is 0 Å². The lowest BCUT2D eigenvalue weighted by Gasteiger charge is -2.10. The minimum Gasteiger partial charge on any atom is -0.0912 e. The van der Waals surface area contributed by atoms with E-state index in [9.17, 15) is 0 Å². The third-order valence-corrected chi connectivity index (χ3v) is 4.66. The Morgan fingerprint density at radius 2 is 1.69 bits per heavy atom. The SMILES string of the molecule is CCCP(Cl)c1cc(C)cc(C)c1. The molecule has 0 aliphatic heterocycles. The molecule has 0 bridgehead atoms. The standard InChI is InChI=1S/C11H16ClP/c1-4-5-13(12)11-7-9(2)6-10(3)8-11/h6-8H,4-5H2,1-3H3. The molecule has 1 aromatic rings. The van der Waals surface area contributed by atoms with Crippen molar-refractivity contribution < 1.29 is 0 Å². The van der Waals surface area contributed by atoms with E-state index in [1.54, 1.807) is 0 Å². The average Bonchev–Trinajstić information content (AvgIpc) is 2.03. The molecule has 0 aliphatic rings. The number of halogens is 1. The molecule has 0 nitrogen and oxygen atoms in total. The van der Waals surface area contributed by atoms with Crippen LogP contribution >= 0.6 is 18.5 Å². The molecule has 72 valence electrons. The van der Waals surface area contributed by atoms with Crippen LogP contribution in [0.1, 0.15) is 24.5 Å². The molecule has 0 saturated heterocycles. The highest BCUT2D eigenvalue weighted by Crippen LogP contribution is 2.40. The number of hydrogen-bond acceptors (Lipinski definition) is 0. The summed E-state index contributed by atoms with van der Waals surface area (Å²) in [5.74, 6) is 0. The highest BCUT2D eigenvalue weighted by Gasteiger charge is 2.06. The lowest BCUT2D eigenvalue weighted by Crippen LogP contribution is -2.01. The molecule has 0 spiro atoms. The summed E-state index contributed by atoms with van der Waals surface area (Å²) in [6, 6.07) is 6.61. The van der Waals surface area contributed by atoms with Gasteiger partial charge in [0.1, 0.15) is 0 Å². The molecule has 1 aromatic carbocycles. The summed E-state index contributed by atoms with van der Waals surface area (Å²) >= 11 is 6.32. The van der Waals surface area contributed by atoms with Crippen LogP contribution in [0.25, 0.3) is 0 Å². The molecule has 0 N–H and O–H groups in total. The second-order valence-corrected chi connectivity index (χ2v) is 6.34. The zero-order chi connectivity index (χ0) is 9.84. The quantitative estimate of drug-likeness (QED) is 0.668. The summed E-state index contributed by atoms with van der Waals surface area (Å²) in [6.45, 7) is 6.44. The van der Waals surface area contributed by atoms with E-state index in [1.165, 1.54) is 22.9 Å². The van der Waals surface area contributed by atoms with E-state index in [4.69, 9.17) is 11.2 Å². The van der Waals surface area contributed by atoms with Crippen LogP contribution in [0.3, 0.4) is 0 Å². The Bertz CT molecular complexity index is 263. The minimum absolute atomic E-state index is 0.436. The molecule has 1 atom stereocenters. The van der Waals surface area contributed by atoms with Gasteiger partial charge < -0.3 is 0 Å². The maximum Gasteiger partial charge on any atom is 0.0212 e. The number of hydrogen-bond donors (Lipinski definition) is 0. The van der Waals surface area contributed by atoms with Crippen molar-refractivity contribution in [1.29, 1.82) is 0 Å². The molecule has 13 heavy (non-hydrogen) atoms. The van der Waals surface area contributed by atoms with Gasteiger partial charge in [0.05, 0.1) is 0 Å². The summed E-state index contributed by atoms with van der Waals surface area (Å²) in [4.78, 5) is 0. The van der Waals surface area contributed by atoms with Crippen molar-refractivity contribution in [2.45, 2.75) is 27.2 Å². The second-order valence-electron chi connectivity index (χ2n) is 3.43. The van der Waals surface area contributed by atoms with E-state index >= 15 is 0 Å². The average molecular weight is 215 g/mol. The van der Waals surface area contributed by atoms with Crippen molar-refractivity contribution >= 4 is 23.8 Å². The molecule has 0 aromatic heterocycles. The summed E-state index contributed by atoms with van der Waals surface area (Å²) in [6.07, 6.45) is 2.29. The summed E-state index contributed by atoms with van der Waals surface area (Å²) in [7, 11) is -0.436. The number of aryl methyl sites for hydroxylation is 2. The Labute approximate surface area is 86.9 Å². The summed E-state index contributed by atoms with van der Waals surface area (Å²) in [5.41, 5.74) is 2.64. The molecule has 1 unspecified atom stereocenters. The lowest BCUT2D eigenvalue weighted by atomic mass is 10.2. The Balaban J connectivity index is 2.87. The fraction of sp³-hybridized carbons (Fsp3) is 0.455. The number of benzene rings is 1. The summed E-state index contributed by atoms with van der Waals surface area (Å²) < 4.78 is 0. The monoisotopic (exact) mass is 214 g/mol. The topological polar surface area (TPSA) is 0 Å². The molecule has 1 rings (SSSR count). The van der Waals surface area contributed by atoms with Crippen LogP contribution in [0.5, 0.6) is 0 Å². The van der Waals surface area contributed by atoms with Gasteiger partial charge in [-0.3, -0.25) is 0 Å². The molecule has 2 heteroatoms. The minimum atomic E-state index is -0.436. The molecule has 0 amide bonds. The van der Waals surface area contributed by atoms with Crippen LogP contribution in [0.2, 0.25) is 0 Å². The van der Waals surface area contributed by atoms with Crippen LogP contribution in [0.4, 0.5) is 0 Å². The predicted octanol–water partition coefficient (Wildman–Crippen LogP) is 3.97. The molecule has 0 radical (unpaired) electrons. The van der Waals surface area contributed by atoms with E-state index < -0.39 is 7.27 Å². The van der Waals surface area contributed by atoms with E-state index in [0.717, 1.165) is 6.16 Å². The first-order valence-electron chi connectivity index (χ1n) is 4.65. The Morgan fingerprint density at radius 3 is 2.15 bits per heavy atom. The normalized spacial score (nSPS) is 12.9. The van der Waals surface area contributed by atoms with E-state index in [1.807, 2.05) is 0 Å². The van der Waals surface area contributed by atoms with Crippen LogP contribution in [-0.4, -0.2) is 6.16 Å². The Morgan fingerprint density at radius 1 is 1.15 bits per heavy atom. The van der Waals surface area contributed by atoms with Gasteiger partial charge in [0.15, 0.2) is 0 Å². The van der Waals surface area contributed by atoms with Gasteiger partial charge in [0.25, 0.3) is 0 Å². The molecule has 0 fully saturated rings. The van der Waals surface area contributed by atoms with E-state index in [-0.39, 0.29) is 0 Å². The number of rotatable bonds is 3. The van der Waals surface area contributed by atoms with Gasteiger partial charge in [0.2, 0.25) is 0 Å². The van der Waals surface area contributed by atoms with Gasteiger partial charge in [-0.1, -0.05) is 53.9 Å². The van der Waals surface area contributed by atoms with Crippen LogP contribution < -0.4 is 5.30 Å². The zero-order valence-corrected chi connectivity index (χ0v) is 10.1. The van der Waals surface area contributed by atoms with Crippen molar-refractivity contribution in [3.63, 3.8) is 0 Å². The van der Waals surface area contributed by atoms with Crippen molar-refractivity contribution in [1.82, 2.24) is 0 Å². The molecule has 0 aliphatic carbocycles. The van der Waals surface area contributed by atoms with Gasteiger partial charge in [-0.15, -0.1) is 0 Å². The first-order chi connectivity index (χ1) is 6.13. The molecule has 0 heterocycles. The van der Waals surface area contributed by atoms with Crippen molar-refractivity contribution in [2.24, 2.45) is 0 Å². The van der Waals surface area contributed by atoms with Gasteiger partial charge >= 0.3 is 0 Å². The third kappa shape index (κ3) is 3.29.